The summed E-state index contributed by atoms with van der Waals surface area (Å²) in [5, 5.41) is 4.24. The Morgan fingerprint density at radius 2 is 2.43 bits per heavy atom. The number of methoxy groups -OCH3 is 1. The van der Waals surface area contributed by atoms with Crippen molar-refractivity contribution in [1.82, 2.24) is 4.90 Å². The molecule has 80 valence electrons. The summed E-state index contributed by atoms with van der Waals surface area (Å²) in [5.41, 5.74) is 7.06. The van der Waals surface area contributed by atoms with Crippen LogP contribution in [0.2, 0.25) is 0 Å². The monoisotopic (exact) mass is 214 g/mol. The maximum atomic E-state index is 5.76. The van der Waals surface area contributed by atoms with Gasteiger partial charge < -0.3 is 10.5 Å². The van der Waals surface area contributed by atoms with Crippen molar-refractivity contribution in [3.63, 3.8) is 0 Å². The lowest BCUT2D eigenvalue weighted by atomic mass is 10.1. The van der Waals surface area contributed by atoms with Gasteiger partial charge >= 0.3 is 0 Å². The van der Waals surface area contributed by atoms with Gasteiger partial charge in [0.25, 0.3) is 0 Å². The Balaban J connectivity index is 2.53. The number of ether oxygens (including phenoxy) is 1. The molecule has 2 N–H and O–H groups in total. The smallest absolute Gasteiger partial charge is 0.0589 e. The van der Waals surface area contributed by atoms with Gasteiger partial charge in [0, 0.05) is 26.2 Å². The fourth-order valence-electron chi connectivity index (χ4n) is 1.43. The summed E-state index contributed by atoms with van der Waals surface area (Å²) in [5.74, 6) is 0. The molecule has 14 heavy (non-hydrogen) atoms. The molecule has 1 unspecified atom stereocenters. The summed E-state index contributed by atoms with van der Waals surface area (Å²) >= 11 is 1.71. The van der Waals surface area contributed by atoms with Gasteiger partial charge in [-0.25, -0.2) is 0 Å². The number of nitrogens with two attached hydrogens (primary N) is 1. The fraction of sp³-hybridized carbons (Fsp3) is 0.600. The Labute approximate surface area is 89.5 Å². The van der Waals surface area contributed by atoms with Gasteiger partial charge in [-0.3, -0.25) is 4.90 Å². The van der Waals surface area contributed by atoms with Crippen molar-refractivity contribution in [3.8, 4) is 0 Å². The molecule has 0 aliphatic carbocycles. The van der Waals surface area contributed by atoms with Crippen molar-refractivity contribution in [3.05, 3.63) is 22.4 Å². The van der Waals surface area contributed by atoms with E-state index < -0.39 is 0 Å². The maximum absolute atomic E-state index is 5.76. The Kier molecular flexibility index (Phi) is 5.11. The zero-order valence-corrected chi connectivity index (χ0v) is 9.59. The molecular weight excluding hydrogens is 196 g/mol. The predicted molar refractivity (Wildman–Crippen MR) is 60.6 cm³/mol. The van der Waals surface area contributed by atoms with Crippen molar-refractivity contribution in [2.24, 2.45) is 5.73 Å². The van der Waals surface area contributed by atoms with Crippen LogP contribution in [0.3, 0.4) is 0 Å². The molecule has 1 aromatic rings. The van der Waals surface area contributed by atoms with Crippen molar-refractivity contribution >= 4 is 11.3 Å². The van der Waals surface area contributed by atoms with Crippen LogP contribution in [0, 0.1) is 0 Å². The first-order chi connectivity index (χ1) is 6.79. The van der Waals surface area contributed by atoms with Gasteiger partial charge in [0.15, 0.2) is 0 Å². The van der Waals surface area contributed by atoms with Crippen molar-refractivity contribution in [2.75, 3.05) is 33.9 Å². The minimum absolute atomic E-state index is 0.316. The van der Waals surface area contributed by atoms with Gasteiger partial charge in [-0.1, -0.05) is 0 Å². The van der Waals surface area contributed by atoms with Crippen LogP contribution in [0.1, 0.15) is 11.6 Å². The number of hydrogen-bond acceptors (Lipinski definition) is 4. The summed E-state index contributed by atoms with van der Waals surface area (Å²) in [6.45, 7) is 2.31. The highest BCUT2D eigenvalue weighted by Gasteiger charge is 2.14. The third kappa shape index (κ3) is 3.06. The largest absolute Gasteiger partial charge is 0.383 e. The summed E-state index contributed by atoms with van der Waals surface area (Å²) in [7, 11) is 3.80. The first-order valence-corrected chi connectivity index (χ1v) is 5.65. The van der Waals surface area contributed by atoms with Gasteiger partial charge in [0.05, 0.1) is 6.61 Å². The summed E-state index contributed by atoms with van der Waals surface area (Å²) in [6.07, 6.45) is 0. The highest BCUT2D eigenvalue weighted by Crippen LogP contribution is 2.20. The first kappa shape index (κ1) is 11.7. The summed E-state index contributed by atoms with van der Waals surface area (Å²) < 4.78 is 5.04. The normalized spacial score (nSPS) is 13.4. The topological polar surface area (TPSA) is 38.5 Å². The van der Waals surface area contributed by atoms with Crippen LogP contribution in [0.25, 0.3) is 0 Å². The Morgan fingerprint density at radius 1 is 1.64 bits per heavy atom. The molecule has 0 saturated heterocycles. The molecule has 4 heteroatoms. The Morgan fingerprint density at radius 3 is 2.93 bits per heavy atom. The second kappa shape index (κ2) is 6.14. The van der Waals surface area contributed by atoms with E-state index in [9.17, 15) is 0 Å². The van der Waals surface area contributed by atoms with Crippen molar-refractivity contribution < 1.29 is 4.74 Å². The van der Waals surface area contributed by atoms with E-state index in [1.54, 1.807) is 18.4 Å². The van der Waals surface area contributed by atoms with E-state index in [4.69, 9.17) is 10.5 Å². The lowest BCUT2D eigenvalue weighted by Gasteiger charge is -2.25. The van der Waals surface area contributed by atoms with Crippen molar-refractivity contribution in [2.45, 2.75) is 6.04 Å². The van der Waals surface area contributed by atoms with E-state index in [0.29, 0.717) is 12.6 Å². The summed E-state index contributed by atoms with van der Waals surface area (Å²) in [6, 6.07) is 2.45. The van der Waals surface area contributed by atoms with E-state index in [0.717, 1.165) is 13.2 Å². The molecule has 0 radical (unpaired) electrons. The molecular formula is C10H18N2OS. The SMILES string of the molecule is COCCN(C)C(CN)c1ccsc1. The second-order valence-corrected chi connectivity index (χ2v) is 4.06. The molecule has 0 aliphatic rings. The molecule has 0 aromatic carbocycles. The van der Waals surface area contributed by atoms with Crippen LogP contribution in [0.15, 0.2) is 16.8 Å². The van der Waals surface area contributed by atoms with Gasteiger partial charge in [0.1, 0.15) is 0 Å². The second-order valence-electron chi connectivity index (χ2n) is 3.28. The zero-order valence-electron chi connectivity index (χ0n) is 8.77. The van der Waals surface area contributed by atoms with E-state index >= 15 is 0 Å². The van der Waals surface area contributed by atoms with E-state index in [-0.39, 0.29) is 0 Å². The third-order valence-electron chi connectivity index (χ3n) is 2.33. The Bertz CT molecular complexity index is 238. The molecule has 3 nitrogen and oxygen atoms in total. The third-order valence-corrected chi connectivity index (χ3v) is 3.03. The van der Waals surface area contributed by atoms with Crippen LogP contribution >= 0.6 is 11.3 Å². The average molecular weight is 214 g/mol. The van der Waals surface area contributed by atoms with E-state index in [2.05, 4.69) is 28.8 Å². The van der Waals surface area contributed by atoms with E-state index in [1.165, 1.54) is 5.56 Å². The number of nitrogens with zero attached hydrogens (tertiary/aromatic N) is 1. The molecule has 0 aliphatic heterocycles. The van der Waals surface area contributed by atoms with Crippen LogP contribution in [0.4, 0.5) is 0 Å². The average Bonchev–Trinajstić information content (AvgIpc) is 2.69. The van der Waals surface area contributed by atoms with Crippen LogP contribution in [0.5, 0.6) is 0 Å². The van der Waals surface area contributed by atoms with Gasteiger partial charge in [-0.15, -0.1) is 0 Å². The minimum Gasteiger partial charge on any atom is -0.383 e. The number of likely N-dealkylation sites (N-methyl/N-ethyl adjacent to an activating group) is 1. The van der Waals surface area contributed by atoms with Crippen LogP contribution in [-0.4, -0.2) is 38.8 Å². The molecule has 0 spiro atoms. The number of thiophene rings is 1. The van der Waals surface area contributed by atoms with Gasteiger partial charge in [0.2, 0.25) is 0 Å². The highest BCUT2D eigenvalue weighted by molar-refractivity contribution is 7.07. The standard InChI is InChI=1S/C10H18N2OS/c1-12(4-5-13-2)10(7-11)9-3-6-14-8-9/h3,6,8,10H,4-5,7,11H2,1-2H3. The molecule has 0 fully saturated rings. The number of rotatable bonds is 6. The predicted octanol–water partition coefficient (Wildman–Crippen LogP) is 1.33. The lowest BCUT2D eigenvalue weighted by molar-refractivity contribution is 0.140. The molecule has 1 aromatic heterocycles. The Hall–Kier alpha value is -0.420. The minimum atomic E-state index is 0.316. The van der Waals surface area contributed by atoms with Crippen LogP contribution < -0.4 is 5.73 Å². The molecule has 0 amide bonds. The van der Waals surface area contributed by atoms with E-state index in [1.807, 2.05) is 0 Å². The lowest BCUT2D eigenvalue weighted by Crippen LogP contribution is -2.32. The fourth-order valence-corrected chi connectivity index (χ4v) is 2.13. The first-order valence-electron chi connectivity index (χ1n) is 4.71. The highest BCUT2D eigenvalue weighted by atomic mass is 32.1. The quantitative estimate of drug-likeness (QED) is 0.776. The van der Waals surface area contributed by atoms with Crippen LogP contribution in [-0.2, 0) is 4.74 Å². The molecule has 1 heterocycles. The number of hydrogen-bond donors (Lipinski definition) is 1. The zero-order chi connectivity index (χ0) is 10.4. The molecule has 0 saturated carbocycles. The molecule has 0 bridgehead atoms. The summed E-state index contributed by atoms with van der Waals surface area (Å²) in [4.78, 5) is 2.23. The van der Waals surface area contributed by atoms with Gasteiger partial charge in [-0.2, -0.15) is 11.3 Å². The molecule has 1 atom stereocenters. The van der Waals surface area contributed by atoms with Crippen molar-refractivity contribution in [1.29, 1.82) is 0 Å². The molecule has 1 rings (SSSR count). The van der Waals surface area contributed by atoms with Gasteiger partial charge in [-0.05, 0) is 29.4 Å². The maximum Gasteiger partial charge on any atom is 0.0589 e.